The molecule has 0 spiro atoms. The maximum atomic E-state index is 9.99. The first-order valence-electron chi connectivity index (χ1n) is 4.57. The lowest BCUT2D eigenvalue weighted by Gasteiger charge is -2.22. The Balaban J connectivity index is 2.20. The van der Waals surface area contributed by atoms with E-state index in [4.69, 9.17) is 4.74 Å². The molecular weight excluding hydrogens is 172 g/mol. The van der Waals surface area contributed by atoms with Crippen LogP contribution < -0.4 is 0 Å². The molecule has 1 heterocycles. The molecule has 4 nitrogen and oxygen atoms in total. The molecule has 1 aliphatic heterocycles. The second kappa shape index (κ2) is 2.08. The first-order valence-corrected chi connectivity index (χ1v) is 4.57. The molecule has 2 aliphatic rings. The Kier molecular flexibility index (Phi) is 1.51. The van der Waals surface area contributed by atoms with Crippen LogP contribution in [0.1, 0.15) is 27.2 Å². The van der Waals surface area contributed by atoms with Gasteiger partial charge < -0.3 is 20.1 Å². The lowest BCUT2D eigenvalue weighted by Crippen LogP contribution is -2.31. The maximum Gasteiger partial charge on any atom is 0.204 e. The molecule has 4 atom stereocenters. The van der Waals surface area contributed by atoms with E-state index in [-0.39, 0.29) is 0 Å². The predicted octanol–water partition coefficient (Wildman–Crippen LogP) is -0.384. The fourth-order valence-electron chi connectivity index (χ4n) is 2.34. The summed E-state index contributed by atoms with van der Waals surface area (Å²) in [6.45, 7) is 5.10. The van der Waals surface area contributed by atoms with Crippen LogP contribution in [0.25, 0.3) is 0 Å². The van der Waals surface area contributed by atoms with Crippen LogP contribution in [0.3, 0.4) is 0 Å². The second-order valence-electron chi connectivity index (χ2n) is 4.73. The molecule has 4 heteroatoms. The Morgan fingerprint density at radius 1 is 1.38 bits per heavy atom. The fourth-order valence-corrected chi connectivity index (χ4v) is 2.34. The van der Waals surface area contributed by atoms with Crippen LogP contribution in [0.2, 0.25) is 0 Å². The van der Waals surface area contributed by atoms with Crippen molar-refractivity contribution < 1.29 is 20.1 Å². The van der Waals surface area contributed by atoms with E-state index in [0.29, 0.717) is 6.42 Å². The van der Waals surface area contributed by atoms with E-state index in [2.05, 4.69) is 0 Å². The molecule has 0 unspecified atom stereocenters. The van der Waals surface area contributed by atoms with E-state index in [9.17, 15) is 15.3 Å². The minimum absolute atomic E-state index is 0.300. The highest BCUT2D eigenvalue weighted by Crippen LogP contribution is 2.71. The van der Waals surface area contributed by atoms with Crippen LogP contribution in [0, 0.1) is 5.41 Å². The molecule has 76 valence electrons. The number of hydrogen-bond acceptors (Lipinski definition) is 4. The average Bonchev–Trinajstić information content (AvgIpc) is 2.25. The lowest BCUT2D eigenvalue weighted by atomic mass is 9.99. The number of fused-ring (bicyclic) bond motifs is 1. The highest BCUT2D eigenvalue weighted by atomic mass is 16.7. The summed E-state index contributed by atoms with van der Waals surface area (Å²) in [5, 5.41) is 29.1. The van der Waals surface area contributed by atoms with Gasteiger partial charge in [0.1, 0.15) is 5.60 Å². The highest BCUT2D eigenvalue weighted by molar-refractivity contribution is 5.31. The zero-order valence-corrected chi connectivity index (χ0v) is 8.11. The summed E-state index contributed by atoms with van der Waals surface area (Å²) in [6.07, 6.45) is -0.812. The van der Waals surface area contributed by atoms with Gasteiger partial charge in [-0.25, -0.2) is 0 Å². The molecule has 0 bridgehead atoms. The molecule has 0 aromatic rings. The standard InChI is InChI=1S/C9H16O4/c1-5(10)6-4-8(11)7(2,3)9(8,12)13-6/h5-6,10-12H,4H2,1-3H3/t5-,6+,8+,9+/m1/s1. The predicted molar refractivity (Wildman–Crippen MR) is 44.9 cm³/mol. The Labute approximate surface area is 77.1 Å². The molecule has 1 aliphatic carbocycles. The highest BCUT2D eigenvalue weighted by Gasteiger charge is 2.88. The monoisotopic (exact) mass is 188 g/mol. The van der Waals surface area contributed by atoms with Gasteiger partial charge in [0.2, 0.25) is 5.79 Å². The quantitative estimate of drug-likeness (QED) is 0.524. The summed E-state index contributed by atoms with van der Waals surface area (Å²) < 4.78 is 5.26. The summed E-state index contributed by atoms with van der Waals surface area (Å²) in [6, 6.07) is 0. The van der Waals surface area contributed by atoms with E-state index in [1.165, 1.54) is 0 Å². The molecule has 13 heavy (non-hydrogen) atoms. The van der Waals surface area contributed by atoms with Crippen molar-refractivity contribution in [3.05, 3.63) is 0 Å². The molecule has 0 radical (unpaired) electrons. The van der Waals surface area contributed by atoms with Gasteiger partial charge in [0, 0.05) is 6.42 Å². The summed E-state index contributed by atoms with van der Waals surface area (Å²) >= 11 is 0. The average molecular weight is 188 g/mol. The van der Waals surface area contributed by atoms with Gasteiger partial charge >= 0.3 is 0 Å². The van der Waals surface area contributed by atoms with Gasteiger partial charge in [0.25, 0.3) is 0 Å². The molecule has 2 rings (SSSR count). The van der Waals surface area contributed by atoms with Crippen molar-refractivity contribution in [2.75, 3.05) is 0 Å². The van der Waals surface area contributed by atoms with Crippen LogP contribution >= 0.6 is 0 Å². The third-order valence-electron chi connectivity index (χ3n) is 3.74. The van der Waals surface area contributed by atoms with Gasteiger partial charge in [-0.1, -0.05) is 13.8 Å². The minimum Gasteiger partial charge on any atom is -0.391 e. The normalized spacial score (nSPS) is 54.5. The van der Waals surface area contributed by atoms with Crippen molar-refractivity contribution in [2.45, 2.75) is 50.8 Å². The van der Waals surface area contributed by atoms with E-state index in [1.54, 1.807) is 20.8 Å². The molecule has 0 amide bonds. The Morgan fingerprint density at radius 3 is 2.23 bits per heavy atom. The van der Waals surface area contributed by atoms with E-state index in [1.807, 2.05) is 0 Å². The molecule has 3 N–H and O–H groups in total. The smallest absolute Gasteiger partial charge is 0.204 e. The van der Waals surface area contributed by atoms with Crippen molar-refractivity contribution >= 4 is 0 Å². The summed E-state index contributed by atoms with van der Waals surface area (Å²) in [7, 11) is 0. The van der Waals surface area contributed by atoms with Crippen LogP contribution in [-0.2, 0) is 4.74 Å². The van der Waals surface area contributed by atoms with Gasteiger partial charge in [0.05, 0.1) is 17.6 Å². The number of rotatable bonds is 1. The third kappa shape index (κ3) is 0.760. The van der Waals surface area contributed by atoms with Gasteiger partial charge in [-0.05, 0) is 6.92 Å². The molecule has 1 saturated heterocycles. The van der Waals surface area contributed by atoms with Gasteiger partial charge in [-0.2, -0.15) is 0 Å². The fraction of sp³-hybridized carbons (Fsp3) is 1.00. The van der Waals surface area contributed by atoms with Gasteiger partial charge in [-0.3, -0.25) is 0 Å². The largest absolute Gasteiger partial charge is 0.391 e. The van der Waals surface area contributed by atoms with Crippen molar-refractivity contribution in [3.63, 3.8) is 0 Å². The summed E-state index contributed by atoms with van der Waals surface area (Å²) in [4.78, 5) is 0. The molecule has 0 aromatic heterocycles. The van der Waals surface area contributed by atoms with E-state index < -0.39 is 29.0 Å². The van der Waals surface area contributed by atoms with Crippen LogP contribution in [0.4, 0.5) is 0 Å². The second-order valence-corrected chi connectivity index (χ2v) is 4.73. The van der Waals surface area contributed by atoms with Crippen LogP contribution in [0.5, 0.6) is 0 Å². The molecule has 2 fully saturated rings. The number of ether oxygens (including phenoxy) is 1. The molecular formula is C9H16O4. The van der Waals surface area contributed by atoms with Crippen molar-refractivity contribution in [3.8, 4) is 0 Å². The Bertz CT molecular complexity index is 230. The van der Waals surface area contributed by atoms with Crippen molar-refractivity contribution in [2.24, 2.45) is 5.41 Å². The number of aliphatic hydroxyl groups excluding tert-OH is 1. The van der Waals surface area contributed by atoms with Gasteiger partial charge in [0.15, 0.2) is 0 Å². The first-order chi connectivity index (χ1) is 5.76. The topological polar surface area (TPSA) is 69.9 Å². The Morgan fingerprint density at radius 2 is 1.92 bits per heavy atom. The number of hydrogen-bond donors (Lipinski definition) is 3. The van der Waals surface area contributed by atoms with Crippen LogP contribution in [0.15, 0.2) is 0 Å². The molecule has 0 aromatic carbocycles. The summed E-state index contributed by atoms with van der Waals surface area (Å²) in [5.74, 6) is -1.46. The van der Waals surface area contributed by atoms with Crippen molar-refractivity contribution in [1.29, 1.82) is 0 Å². The van der Waals surface area contributed by atoms with E-state index >= 15 is 0 Å². The third-order valence-corrected chi connectivity index (χ3v) is 3.74. The van der Waals surface area contributed by atoms with Gasteiger partial charge in [-0.15, -0.1) is 0 Å². The zero-order chi connectivity index (χ0) is 10.1. The maximum absolute atomic E-state index is 9.99. The lowest BCUT2D eigenvalue weighted by molar-refractivity contribution is -0.184. The van der Waals surface area contributed by atoms with Crippen molar-refractivity contribution in [1.82, 2.24) is 0 Å². The SMILES string of the molecule is C[C@@H](O)[C@@H]1C[C@]2(O)C(C)(C)[C@]2(O)O1. The van der Waals surface area contributed by atoms with Crippen LogP contribution in [-0.4, -0.2) is 38.9 Å². The minimum atomic E-state index is -1.46. The zero-order valence-electron chi connectivity index (χ0n) is 8.11. The molecule has 1 saturated carbocycles. The summed E-state index contributed by atoms with van der Waals surface area (Å²) in [5.41, 5.74) is -1.80. The van der Waals surface area contributed by atoms with E-state index in [0.717, 1.165) is 0 Å². The Hall–Kier alpha value is -0.160. The number of aliphatic hydroxyl groups is 3. The first kappa shape index (κ1) is 9.40.